The molecule has 1 heterocycles. The van der Waals surface area contributed by atoms with Gasteiger partial charge in [-0.2, -0.15) is 0 Å². The molecule has 1 aromatic rings. The summed E-state index contributed by atoms with van der Waals surface area (Å²) >= 11 is 5.79. The summed E-state index contributed by atoms with van der Waals surface area (Å²) in [6.45, 7) is 1.35. The standard InChI is InChI=1S/C8H8ClNO2.ClH/c9-7-5-3-10-2-4(5)1-6(11)8(7)12;/h1,10-12H,2-3H2;1H. The number of rotatable bonds is 0. The van der Waals surface area contributed by atoms with Crippen LogP contribution in [0, 0.1) is 0 Å². The van der Waals surface area contributed by atoms with E-state index in [1.807, 2.05) is 0 Å². The van der Waals surface area contributed by atoms with Crippen LogP contribution in [0.5, 0.6) is 11.5 Å². The summed E-state index contributed by atoms with van der Waals surface area (Å²) in [4.78, 5) is 0. The minimum Gasteiger partial charge on any atom is -0.504 e. The molecule has 13 heavy (non-hydrogen) atoms. The number of hydrogen-bond acceptors (Lipinski definition) is 3. The van der Waals surface area contributed by atoms with Crippen molar-refractivity contribution in [3.05, 3.63) is 22.2 Å². The van der Waals surface area contributed by atoms with Gasteiger partial charge in [0.25, 0.3) is 0 Å². The molecule has 2 rings (SSSR count). The lowest BCUT2D eigenvalue weighted by molar-refractivity contribution is 0.403. The van der Waals surface area contributed by atoms with Gasteiger partial charge in [-0.25, -0.2) is 0 Å². The summed E-state index contributed by atoms with van der Waals surface area (Å²) in [5, 5.41) is 21.8. The van der Waals surface area contributed by atoms with Gasteiger partial charge in [-0.1, -0.05) is 11.6 Å². The Morgan fingerprint density at radius 2 is 2.00 bits per heavy atom. The van der Waals surface area contributed by atoms with Gasteiger partial charge < -0.3 is 15.5 Å². The summed E-state index contributed by atoms with van der Waals surface area (Å²) in [7, 11) is 0. The Labute approximate surface area is 86.8 Å². The van der Waals surface area contributed by atoms with Crippen molar-refractivity contribution in [3.8, 4) is 11.5 Å². The van der Waals surface area contributed by atoms with Gasteiger partial charge in [0.1, 0.15) is 0 Å². The van der Waals surface area contributed by atoms with E-state index in [1.165, 1.54) is 6.07 Å². The second-order valence-electron chi connectivity index (χ2n) is 2.80. The monoisotopic (exact) mass is 221 g/mol. The predicted molar refractivity (Wildman–Crippen MR) is 52.6 cm³/mol. The van der Waals surface area contributed by atoms with Crippen molar-refractivity contribution in [1.82, 2.24) is 5.32 Å². The highest BCUT2D eigenvalue weighted by molar-refractivity contribution is 6.33. The van der Waals surface area contributed by atoms with Crippen molar-refractivity contribution in [3.63, 3.8) is 0 Å². The molecular formula is C8H9Cl2NO2. The predicted octanol–water partition coefficient (Wildman–Crippen LogP) is 1.78. The van der Waals surface area contributed by atoms with Gasteiger partial charge in [-0.15, -0.1) is 12.4 Å². The Balaban J connectivity index is 0.000000845. The fourth-order valence-electron chi connectivity index (χ4n) is 1.39. The van der Waals surface area contributed by atoms with E-state index in [1.54, 1.807) is 0 Å². The number of benzene rings is 1. The zero-order valence-electron chi connectivity index (χ0n) is 6.67. The lowest BCUT2D eigenvalue weighted by atomic mass is 10.1. The Morgan fingerprint density at radius 1 is 1.31 bits per heavy atom. The summed E-state index contributed by atoms with van der Waals surface area (Å²) in [5.41, 5.74) is 1.84. The van der Waals surface area contributed by atoms with Crippen LogP contribution in [0.15, 0.2) is 6.07 Å². The largest absolute Gasteiger partial charge is 0.504 e. The van der Waals surface area contributed by atoms with E-state index in [0.29, 0.717) is 13.1 Å². The van der Waals surface area contributed by atoms with Gasteiger partial charge in [0.05, 0.1) is 5.02 Å². The van der Waals surface area contributed by atoms with Crippen LogP contribution in [-0.2, 0) is 13.1 Å². The Hall–Kier alpha value is -0.640. The van der Waals surface area contributed by atoms with E-state index in [0.717, 1.165) is 11.1 Å². The molecule has 0 bridgehead atoms. The van der Waals surface area contributed by atoms with Crippen LogP contribution in [-0.4, -0.2) is 10.2 Å². The average molecular weight is 222 g/mol. The second kappa shape index (κ2) is 3.62. The molecule has 0 atom stereocenters. The molecule has 0 unspecified atom stereocenters. The number of hydrogen-bond donors (Lipinski definition) is 3. The molecule has 0 radical (unpaired) electrons. The zero-order valence-corrected chi connectivity index (χ0v) is 8.24. The summed E-state index contributed by atoms with van der Waals surface area (Å²) in [6, 6.07) is 1.54. The Kier molecular flexibility index (Phi) is 2.91. The van der Waals surface area contributed by atoms with Gasteiger partial charge in [0, 0.05) is 13.1 Å². The van der Waals surface area contributed by atoms with Crippen LogP contribution in [0.3, 0.4) is 0 Å². The molecule has 1 aliphatic rings. The summed E-state index contributed by atoms with van der Waals surface area (Å²) < 4.78 is 0. The van der Waals surface area contributed by atoms with Gasteiger partial charge >= 0.3 is 0 Å². The molecule has 3 nitrogen and oxygen atoms in total. The van der Waals surface area contributed by atoms with E-state index in [2.05, 4.69) is 5.32 Å². The third kappa shape index (κ3) is 1.55. The molecule has 5 heteroatoms. The molecule has 0 aliphatic carbocycles. The molecule has 72 valence electrons. The SMILES string of the molecule is Cl.Oc1cc2c(c(Cl)c1O)CNC2. The highest BCUT2D eigenvalue weighted by Gasteiger charge is 2.18. The average Bonchev–Trinajstić information content (AvgIpc) is 2.48. The van der Waals surface area contributed by atoms with Crippen molar-refractivity contribution in [1.29, 1.82) is 0 Å². The van der Waals surface area contributed by atoms with Crippen LogP contribution in [0.1, 0.15) is 11.1 Å². The van der Waals surface area contributed by atoms with Crippen LogP contribution in [0.25, 0.3) is 0 Å². The van der Waals surface area contributed by atoms with Crippen molar-refractivity contribution in [2.24, 2.45) is 0 Å². The van der Waals surface area contributed by atoms with E-state index < -0.39 is 0 Å². The first kappa shape index (κ1) is 10.4. The number of halogens is 2. The fourth-order valence-corrected chi connectivity index (χ4v) is 1.67. The molecule has 0 aromatic heterocycles. The molecule has 0 fully saturated rings. The molecule has 0 saturated carbocycles. The molecule has 0 amide bonds. The highest BCUT2D eigenvalue weighted by atomic mass is 35.5. The van der Waals surface area contributed by atoms with E-state index in [4.69, 9.17) is 11.6 Å². The number of fused-ring (bicyclic) bond motifs is 1. The van der Waals surface area contributed by atoms with Crippen molar-refractivity contribution in [2.75, 3.05) is 0 Å². The third-order valence-electron chi connectivity index (χ3n) is 2.03. The zero-order chi connectivity index (χ0) is 8.72. The van der Waals surface area contributed by atoms with E-state index >= 15 is 0 Å². The van der Waals surface area contributed by atoms with Gasteiger partial charge in [0.15, 0.2) is 11.5 Å². The topological polar surface area (TPSA) is 52.5 Å². The van der Waals surface area contributed by atoms with Crippen LogP contribution < -0.4 is 5.32 Å². The van der Waals surface area contributed by atoms with Crippen molar-refractivity contribution in [2.45, 2.75) is 13.1 Å². The summed E-state index contributed by atoms with van der Waals surface area (Å²) in [5.74, 6) is -0.374. The maximum absolute atomic E-state index is 9.26. The summed E-state index contributed by atoms with van der Waals surface area (Å²) in [6.07, 6.45) is 0. The van der Waals surface area contributed by atoms with Crippen molar-refractivity contribution >= 4 is 24.0 Å². The van der Waals surface area contributed by atoms with Gasteiger partial charge in [-0.05, 0) is 17.2 Å². The first-order valence-electron chi connectivity index (χ1n) is 3.63. The highest BCUT2D eigenvalue weighted by Crippen LogP contribution is 2.39. The molecule has 0 spiro atoms. The van der Waals surface area contributed by atoms with E-state index in [-0.39, 0.29) is 28.9 Å². The second-order valence-corrected chi connectivity index (χ2v) is 3.18. The molecular weight excluding hydrogens is 213 g/mol. The van der Waals surface area contributed by atoms with Crippen molar-refractivity contribution < 1.29 is 10.2 Å². The Morgan fingerprint density at radius 3 is 2.69 bits per heavy atom. The number of aromatic hydroxyl groups is 2. The normalized spacial score (nSPS) is 13.6. The van der Waals surface area contributed by atoms with E-state index in [9.17, 15) is 10.2 Å². The smallest absolute Gasteiger partial charge is 0.176 e. The first-order valence-corrected chi connectivity index (χ1v) is 4.01. The van der Waals surface area contributed by atoms with Crippen LogP contribution >= 0.6 is 24.0 Å². The lowest BCUT2D eigenvalue weighted by Gasteiger charge is -2.05. The fraction of sp³-hybridized carbons (Fsp3) is 0.250. The maximum atomic E-state index is 9.26. The molecule has 1 aliphatic heterocycles. The molecule has 1 aromatic carbocycles. The lowest BCUT2D eigenvalue weighted by Crippen LogP contribution is -2.00. The molecule has 0 saturated heterocycles. The number of phenolic OH excluding ortho intramolecular Hbond substituents is 2. The Bertz CT molecular complexity index is 341. The first-order chi connectivity index (χ1) is 5.70. The van der Waals surface area contributed by atoms with Crippen LogP contribution in [0.2, 0.25) is 5.02 Å². The number of phenols is 2. The number of nitrogens with one attached hydrogen (secondary N) is 1. The quantitative estimate of drug-likeness (QED) is 0.586. The third-order valence-corrected chi connectivity index (χ3v) is 2.44. The van der Waals surface area contributed by atoms with Gasteiger partial charge in [0.2, 0.25) is 0 Å². The van der Waals surface area contributed by atoms with Gasteiger partial charge in [-0.3, -0.25) is 0 Å². The minimum atomic E-state index is -0.223. The molecule has 3 N–H and O–H groups in total. The maximum Gasteiger partial charge on any atom is 0.176 e. The van der Waals surface area contributed by atoms with Crippen LogP contribution in [0.4, 0.5) is 0 Å². The minimum absolute atomic E-state index is 0.